The average Bonchev–Trinajstić information content (AvgIpc) is 4.07. The minimum absolute atomic E-state index is 0.532. The van der Waals surface area contributed by atoms with Crippen LogP contribution in [-0.4, -0.2) is 31.5 Å². The molecule has 0 atom stereocenters. The summed E-state index contributed by atoms with van der Waals surface area (Å²) >= 11 is 0. The molecule has 0 aliphatic heterocycles. The van der Waals surface area contributed by atoms with Crippen LogP contribution in [0.3, 0.4) is 0 Å². The zero-order valence-corrected chi connectivity index (χ0v) is 34.2. The predicted octanol–water partition coefficient (Wildman–Crippen LogP) is 14.0. The lowest BCUT2D eigenvalue weighted by atomic mass is 9.98. The molecule has 0 aliphatic rings. The maximum absolute atomic E-state index is 12.3. The highest BCUT2D eigenvalue weighted by Gasteiger charge is 2.33. The van der Waals surface area contributed by atoms with E-state index in [2.05, 4.69) is 218 Å². The van der Waals surface area contributed by atoms with E-state index in [4.69, 9.17) is 4.99 Å². The van der Waals surface area contributed by atoms with Gasteiger partial charge in [-0.1, -0.05) is 146 Å². The van der Waals surface area contributed by atoms with Gasteiger partial charge in [0.25, 0.3) is 0 Å². The Balaban J connectivity index is 1.41. The largest absolute Gasteiger partial charge is 0.307 e. The molecule has 4 aromatic heterocycles. The second-order valence-corrected chi connectivity index (χ2v) is 16.2. The Morgan fingerprint density at radius 1 is 0.333 bits per heavy atom. The van der Waals surface area contributed by atoms with Crippen molar-refractivity contribution in [3.63, 3.8) is 0 Å². The lowest BCUT2D eigenvalue weighted by Gasteiger charge is -2.28. The van der Waals surface area contributed by atoms with Crippen molar-refractivity contribution in [1.29, 1.82) is 5.26 Å². The molecule has 0 saturated heterocycles. The Hall–Kier alpha value is -8.66. The second-order valence-electron chi connectivity index (χ2n) is 16.2. The molecule has 0 fully saturated rings. The van der Waals surface area contributed by atoms with Gasteiger partial charge in [0.05, 0.1) is 66.9 Å². The minimum Gasteiger partial charge on any atom is -0.307 e. The molecular formula is C57H36N6. The first-order valence-electron chi connectivity index (χ1n) is 21.3. The van der Waals surface area contributed by atoms with E-state index in [1.54, 1.807) is 0 Å². The smallest absolute Gasteiger partial charge is 0.104 e. The number of benzene rings is 9. The maximum atomic E-state index is 12.3. The summed E-state index contributed by atoms with van der Waals surface area (Å²) in [6.45, 7) is 0. The number of hydrogen-bond acceptors (Lipinski definition) is 2. The van der Waals surface area contributed by atoms with Gasteiger partial charge in [0.1, 0.15) is 11.6 Å². The Bertz CT molecular complexity index is 3910. The van der Waals surface area contributed by atoms with Crippen LogP contribution >= 0.6 is 0 Å². The van der Waals surface area contributed by atoms with E-state index in [0.717, 1.165) is 116 Å². The summed E-state index contributed by atoms with van der Waals surface area (Å²) < 4.78 is 9.50. The van der Waals surface area contributed by atoms with E-state index < -0.39 is 0 Å². The Kier molecular flexibility index (Phi) is 7.48. The summed E-state index contributed by atoms with van der Waals surface area (Å²) in [6, 6.07) is 71.8. The molecule has 63 heavy (non-hydrogen) atoms. The zero-order chi connectivity index (χ0) is 41.8. The minimum atomic E-state index is 0.532. The van der Waals surface area contributed by atoms with Gasteiger partial charge in [-0.3, -0.25) is 4.99 Å². The van der Waals surface area contributed by atoms with Crippen molar-refractivity contribution >= 4 is 93.4 Å². The van der Waals surface area contributed by atoms with Gasteiger partial charge in [-0.05, 0) is 48.5 Å². The molecule has 0 bridgehead atoms. The number of aromatic nitrogens is 4. The van der Waals surface area contributed by atoms with Gasteiger partial charge >= 0.3 is 0 Å². The normalized spacial score (nSPS) is 12.1. The third kappa shape index (κ3) is 4.73. The lowest BCUT2D eigenvalue weighted by Crippen LogP contribution is -2.17. The highest BCUT2D eigenvalue weighted by molar-refractivity contribution is 6.17. The predicted molar refractivity (Wildman–Crippen MR) is 262 cm³/mol. The van der Waals surface area contributed by atoms with Crippen LogP contribution in [0.4, 0.5) is 0 Å². The van der Waals surface area contributed by atoms with Gasteiger partial charge in [-0.2, -0.15) is 5.26 Å². The molecule has 6 nitrogen and oxygen atoms in total. The van der Waals surface area contributed by atoms with Crippen molar-refractivity contribution in [2.45, 2.75) is 0 Å². The van der Waals surface area contributed by atoms with Gasteiger partial charge in [0.15, 0.2) is 0 Å². The molecule has 4 heterocycles. The molecule has 9 aromatic carbocycles. The molecule has 294 valence electrons. The number of fused-ring (bicyclic) bond motifs is 12. The molecule has 13 aromatic rings. The zero-order valence-electron chi connectivity index (χ0n) is 34.2. The molecule has 0 amide bonds. The molecule has 0 spiro atoms. The van der Waals surface area contributed by atoms with E-state index in [9.17, 15) is 5.26 Å². The van der Waals surface area contributed by atoms with Gasteiger partial charge in [0, 0.05) is 61.9 Å². The number of hydrogen-bond donors (Lipinski definition) is 0. The third-order valence-corrected chi connectivity index (χ3v) is 13.0. The lowest BCUT2D eigenvalue weighted by molar-refractivity contribution is 1.02. The first-order valence-corrected chi connectivity index (χ1v) is 21.3. The first kappa shape index (κ1) is 35.1. The average molecular weight is 805 g/mol. The van der Waals surface area contributed by atoms with E-state index in [1.807, 2.05) is 13.3 Å². The highest BCUT2D eigenvalue weighted by atomic mass is 15.1. The molecule has 0 unspecified atom stereocenters. The quantitative estimate of drug-likeness (QED) is 0.160. The number of rotatable bonds is 5. The summed E-state index contributed by atoms with van der Waals surface area (Å²) in [5, 5.41) is 21.2. The van der Waals surface area contributed by atoms with Gasteiger partial charge in [-0.15, -0.1) is 0 Å². The fourth-order valence-electron chi connectivity index (χ4n) is 10.6. The number of nitriles is 1. The molecular weight excluding hydrogens is 769 g/mol. The Labute approximate surface area is 361 Å². The van der Waals surface area contributed by atoms with E-state index in [1.165, 1.54) is 0 Å². The number of para-hydroxylation sites is 8. The second kappa shape index (κ2) is 13.4. The van der Waals surface area contributed by atoms with Crippen molar-refractivity contribution < 1.29 is 0 Å². The highest BCUT2D eigenvalue weighted by Crippen LogP contribution is 2.48. The van der Waals surface area contributed by atoms with Crippen LogP contribution in [0, 0.1) is 11.3 Å². The van der Waals surface area contributed by atoms with Crippen molar-refractivity contribution in [2.24, 2.45) is 4.99 Å². The molecule has 6 heteroatoms. The van der Waals surface area contributed by atoms with E-state index in [0.29, 0.717) is 5.56 Å². The maximum Gasteiger partial charge on any atom is 0.104 e. The van der Waals surface area contributed by atoms with E-state index in [-0.39, 0.29) is 0 Å². The third-order valence-electron chi connectivity index (χ3n) is 13.0. The summed E-state index contributed by atoms with van der Waals surface area (Å²) in [6.07, 6.45) is 1.98. The van der Waals surface area contributed by atoms with Gasteiger partial charge in [0.2, 0.25) is 0 Å². The Morgan fingerprint density at radius 3 is 0.841 bits per heavy atom. The van der Waals surface area contributed by atoms with Crippen LogP contribution in [-0.2, 0) is 0 Å². The van der Waals surface area contributed by atoms with Crippen LogP contribution < -0.4 is 0 Å². The van der Waals surface area contributed by atoms with Crippen molar-refractivity contribution in [1.82, 2.24) is 18.3 Å². The molecule has 0 saturated carbocycles. The van der Waals surface area contributed by atoms with Crippen LogP contribution in [0.25, 0.3) is 110 Å². The monoisotopic (exact) mass is 804 g/mol. The molecule has 0 radical (unpaired) electrons. The molecule has 0 N–H and O–H groups in total. The SMILES string of the molecule is C/N=C\c1c(-n2c3ccccc3c3ccccc32)c(C#N)c(-n2c3ccccc3c3ccccc32)c(-n2c3ccccc3c3ccccc32)c1-n1c2ccccc2c2ccccc21. The standard InChI is InChI=1S/C57H36N6/c1-59-35-45-54(60-46-26-10-2-18-36(46)37-19-3-11-27-47(37)60)44(34-58)55(61-48-28-12-4-20-38(48)39-21-5-13-29-49(39)61)57(63-52-32-16-8-24-42(52)43-25-9-17-33-53(43)63)56(45)62-50-30-14-6-22-40(50)41-23-7-15-31-51(41)62/h2-33,35H,1H3/b59-35-. The van der Waals surface area contributed by atoms with Crippen molar-refractivity contribution in [3.05, 3.63) is 205 Å². The molecule has 13 rings (SSSR count). The fourth-order valence-corrected chi connectivity index (χ4v) is 10.6. The van der Waals surface area contributed by atoms with Crippen LogP contribution in [0.15, 0.2) is 199 Å². The van der Waals surface area contributed by atoms with Crippen molar-refractivity contribution in [2.75, 3.05) is 7.05 Å². The van der Waals surface area contributed by atoms with Crippen LogP contribution in [0.1, 0.15) is 11.1 Å². The van der Waals surface area contributed by atoms with Crippen LogP contribution in [0.5, 0.6) is 0 Å². The summed E-state index contributed by atoms with van der Waals surface area (Å²) in [5.74, 6) is 0. The van der Waals surface area contributed by atoms with Gasteiger partial charge in [-0.25, -0.2) is 0 Å². The fraction of sp³-hybridized carbons (Fsp3) is 0.0175. The summed E-state index contributed by atoms with van der Waals surface area (Å²) in [4.78, 5) is 4.90. The summed E-state index contributed by atoms with van der Waals surface area (Å²) in [7, 11) is 1.83. The van der Waals surface area contributed by atoms with E-state index >= 15 is 0 Å². The van der Waals surface area contributed by atoms with Crippen molar-refractivity contribution in [3.8, 4) is 28.8 Å². The van der Waals surface area contributed by atoms with Crippen LogP contribution in [0.2, 0.25) is 0 Å². The number of nitrogens with zero attached hydrogens (tertiary/aromatic N) is 6. The Morgan fingerprint density at radius 2 is 0.571 bits per heavy atom. The van der Waals surface area contributed by atoms with Gasteiger partial charge < -0.3 is 18.3 Å². The summed E-state index contributed by atoms with van der Waals surface area (Å²) in [5.41, 5.74) is 12.9. The first-order chi connectivity index (χ1) is 31.3. The molecule has 0 aliphatic carbocycles. The topological polar surface area (TPSA) is 55.9 Å². The number of aliphatic imine (C=N–C) groups is 1.